The van der Waals surface area contributed by atoms with Crippen LogP contribution in [-0.2, 0) is 14.8 Å². The highest BCUT2D eigenvalue weighted by Gasteiger charge is 2.38. The van der Waals surface area contributed by atoms with E-state index >= 15 is 0 Å². The van der Waals surface area contributed by atoms with Crippen molar-refractivity contribution in [1.82, 2.24) is 14.4 Å². The maximum Gasteiger partial charge on any atom is 0.247 e. The molecule has 1 atom stereocenters. The summed E-state index contributed by atoms with van der Waals surface area (Å²) in [6.07, 6.45) is 0.310. The second-order valence-electron chi connectivity index (χ2n) is 5.69. The number of sulfonamides is 1. The molecule has 0 N–H and O–H groups in total. The molecule has 0 radical (unpaired) electrons. The minimum atomic E-state index is -3.84. The molecule has 1 aromatic carbocycles. The Labute approximate surface area is 145 Å². The van der Waals surface area contributed by atoms with Crippen LogP contribution in [0.5, 0.6) is 0 Å². The number of morpholine rings is 1. The normalized spacial score (nSPS) is 19.0. The van der Waals surface area contributed by atoms with Crippen molar-refractivity contribution in [2.75, 3.05) is 19.8 Å². The van der Waals surface area contributed by atoms with Gasteiger partial charge in [-0.15, -0.1) is 0 Å². The number of carbonyl (C=O) groups is 1. The summed E-state index contributed by atoms with van der Waals surface area (Å²) in [5, 5.41) is 3.72. The van der Waals surface area contributed by atoms with Crippen molar-refractivity contribution in [3.63, 3.8) is 0 Å². The minimum Gasteiger partial charge on any atom is -0.378 e. The zero-order chi connectivity index (χ0) is 18.0. The average Bonchev–Trinajstić information content (AvgIpc) is 3.07. The summed E-state index contributed by atoms with van der Waals surface area (Å²) in [5.74, 6) is 0.512. The Hall–Kier alpha value is -2.10. The van der Waals surface area contributed by atoms with Crippen molar-refractivity contribution in [1.29, 1.82) is 0 Å². The lowest BCUT2D eigenvalue weighted by Crippen LogP contribution is -2.43. The number of nitrogens with zero attached hydrogens (tertiary/aromatic N) is 3. The van der Waals surface area contributed by atoms with Crippen LogP contribution in [0.3, 0.4) is 0 Å². The second kappa shape index (κ2) is 7.03. The van der Waals surface area contributed by atoms with Crippen LogP contribution >= 0.6 is 0 Å². The number of hydrogen-bond donors (Lipinski definition) is 0. The maximum atomic E-state index is 13.1. The molecule has 3 rings (SSSR count). The number of carbonyl (C=O) groups excluding carboxylic acids is 1. The molecular weight excluding hydrogens is 346 g/mol. The number of ketones is 1. The fourth-order valence-corrected chi connectivity index (χ4v) is 4.29. The summed E-state index contributed by atoms with van der Waals surface area (Å²) in [5.41, 5.74) is 0.377. The van der Waals surface area contributed by atoms with Crippen molar-refractivity contribution in [3.05, 3.63) is 41.5 Å². The molecule has 1 aromatic heterocycles. The van der Waals surface area contributed by atoms with Gasteiger partial charge in [0.2, 0.25) is 15.9 Å². The van der Waals surface area contributed by atoms with Gasteiger partial charge in [-0.3, -0.25) is 4.79 Å². The standard InChI is InChI=1S/C16H19N3O5S/c1-3-15(20)12-5-4-6-13(9-12)25(21,22)19-7-8-23-10-14(19)16-17-11(2)18-24-16/h4-6,9,14H,3,7-8,10H2,1-2H3. The van der Waals surface area contributed by atoms with E-state index < -0.39 is 16.1 Å². The van der Waals surface area contributed by atoms with Crippen molar-refractivity contribution >= 4 is 15.8 Å². The predicted molar refractivity (Wildman–Crippen MR) is 87.6 cm³/mol. The van der Waals surface area contributed by atoms with E-state index in [2.05, 4.69) is 10.1 Å². The predicted octanol–water partition coefficient (Wildman–Crippen LogP) is 1.73. The molecule has 0 bridgehead atoms. The highest BCUT2D eigenvalue weighted by molar-refractivity contribution is 7.89. The topological polar surface area (TPSA) is 103 Å². The molecule has 0 aliphatic carbocycles. The smallest absolute Gasteiger partial charge is 0.247 e. The number of aryl methyl sites for hydroxylation is 1. The Morgan fingerprint density at radius 1 is 1.40 bits per heavy atom. The van der Waals surface area contributed by atoms with Gasteiger partial charge < -0.3 is 9.26 Å². The van der Waals surface area contributed by atoms with Crippen LogP contribution in [0.25, 0.3) is 0 Å². The molecule has 0 amide bonds. The third kappa shape index (κ3) is 3.48. The van der Waals surface area contributed by atoms with Crippen molar-refractivity contribution < 1.29 is 22.5 Å². The Kier molecular flexibility index (Phi) is 4.98. The van der Waals surface area contributed by atoms with E-state index in [0.29, 0.717) is 17.8 Å². The summed E-state index contributed by atoms with van der Waals surface area (Å²) in [7, 11) is -3.84. The molecule has 0 spiro atoms. The zero-order valence-corrected chi connectivity index (χ0v) is 14.8. The number of aromatic nitrogens is 2. The first kappa shape index (κ1) is 17.7. The molecule has 1 aliphatic rings. The number of rotatable bonds is 5. The van der Waals surface area contributed by atoms with E-state index in [4.69, 9.17) is 9.26 Å². The van der Waals surface area contributed by atoms with Gasteiger partial charge in [-0.05, 0) is 19.1 Å². The maximum absolute atomic E-state index is 13.1. The first-order valence-electron chi connectivity index (χ1n) is 7.96. The van der Waals surface area contributed by atoms with Crippen LogP contribution in [0.4, 0.5) is 0 Å². The Morgan fingerprint density at radius 3 is 2.88 bits per heavy atom. The Balaban J connectivity index is 1.98. The molecule has 8 nitrogen and oxygen atoms in total. The van der Waals surface area contributed by atoms with Crippen molar-refractivity contribution in [2.45, 2.75) is 31.2 Å². The van der Waals surface area contributed by atoms with E-state index in [-0.39, 0.29) is 36.3 Å². The second-order valence-corrected chi connectivity index (χ2v) is 7.58. The van der Waals surface area contributed by atoms with Crippen LogP contribution in [0.1, 0.15) is 41.5 Å². The molecule has 1 aliphatic heterocycles. The molecule has 134 valence electrons. The van der Waals surface area contributed by atoms with Gasteiger partial charge >= 0.3 is 0 Å². The van der Waals surface area contributed by atoms with Gasteiger partial charge in [-0.2, -0.15) is 9.29 Å². The van der Waals surface area contributed by atoms with Crippen LogP contribution in [0.15, 0.2) is 33.7 Å². The van der Waals surface area contributed by atoms with E-state index in [1.807, 2.05) is 0 Å². The Morgan fingerprint density at radius 2 is 2.20 bits per heavy atom. The van der Waals surface area contributed by atoms with E-state index in [9.17, 15) is 13.2 Å². The first-order valence-corrected chi connectivity index (χ1v) is 9.40. The monoisotopic (exact) mass is 365 g/mol. The quantitative estimate of drug-likeness (QED) is 0.743. The van der Waals surface area contributed by atoms with Crippen molar-refractivity contribution in [2.24, 2.45) is 0 Å². The highest BCUT2D eigenvalue weighted by atomic mass is 32.2. The highest BCUT2D eigenvalue weighted by Crippen LogP contribution is 2.29. The van der Waals surface area contributed by atoms with Gasteiger partial charge in [0.25, 0.3) is 0 Å². The van der Waals surface area contributed by atoms with Gasteiger partial charge in [-0.25, -0.2) is 8.42 Å². The average molecular weight is 365 g/mol. The Bertz CT molecular complexity index is 877. The van der Waals surface area contributed by atoms with Crippen LogP contribution in [-0.4, -0.2) is 48.4 Å². The van der Waals surface area contributed by atoms with Gasteiger partial charge in [0.15, 0.2) is 11.6 Å². The SMILES string of the molecule is CCC(=O)c1cccc(S(=O)(=O)N2CCOCC2c2nc(C)no2)c1. The summed E-state index contributed by atoms with van der Waals surface area (Å²) >= 11 is 0. The third-order valence-corrected chi connectivity index (χ3v) is 5.90. The number of ether oxygens (including phenoxy) is 1. The molecule has 9 heteroatoms. The lowest BCUT2D eigenvalue weighted by atomic mass is 10.1. The van der Waals surface area contributed by atoms with Gasteiger partial charge in [-0.1, -0.05) is 24.2 Å². The first-order chi connectivity index (χ1) is 11.9. The largest absolute Gasteiger partial charge is 0.378 e. The summed E-state index contributed by atoms with van der Waals surface area (Å²) in [6, 6.07) is 5.39. The lowest BCUT2D eigenvalue weighted by Gasteiger charge is -2.32. The molecular formula is C16H19N3O5S. The summed E-state index contributed by atoms with van der Waals surface area (Å²) in [6.45, 7) is 3.97. The summed E-state index contributed by atoms with van der Waals surface area (Å²) < 4.78 is 38.1. The van der Waals surface area contributed by atoms with Gasteiger partial charge in [0.05, 0.1) is 18.1 Å². The number of hydrogen-bond acceptors (Lipinski definition) is 7. The number of Topliss-reactive ketones (excluding diaryl/α,β-unsaturated/α-hetero) is 1. The fraction of sp³-hybridized carbons (Fsp3) is 0.438. The number of benzene rings is 1. The van der Waals surface area contributed by atoms with E-state index in [0.717, 1.165) is 0 Å². The van der Waals surface area contributed by atoms with Gasteiger partial charge in [0.1, 0.15) is 6.04 Å². The molecule has 2 heterocycles. The molecule has 0 saturated carbocycles. The van der Waals surface area contributed by atoms with Crippen molar-refractivity contribution in [3.8, 4) is 0 Å². The fourth-order valence-electron chi connectivity index (χ4n) is 2.69. The minimum absolute atomic E-state index is 0.0648. The van der Waals surface area contributed by atoms with Crippen LogP contribution in [0, 0.1) is 6.92 Å². The molecule has 1 saturated heterocycles. The summed E-state index contributed by atoms with van der Waals surface area (Å²) in [4.78, 5) is 16.1. The zero-order valence-electron chi connectivity index (χ0n) is 14.0. The van der Waals surface area contributed by atoms with E-state index in [1.54, 1.807) is 26.0 Å². The van der Waals surface area contributed by atoms with Crippen LogP contribution in [0.2, 0.25) is 0 Å². The molecule has 25 heavy (non-hydrogen) atoms. The third-order valence-electron chi connectivity index (χ3n) is 3.99. The molecule has 2 aromatic rings. The lowest BCUT2D eigenvalue weighted by molar-refractivity contribution is 0.0203. The van der Waals surface area contributed by atoms with Gasteiger partial charge in [0, 0.05) is 18.5 Å². The van der Waals surface area contributed by atoms with E-state index in [1.165, 1.54) is 16.4 Å². The molecule has 1 fully saturated rings. The molecule has 1 unspecified atom stereocenters. The van der Waals surface area contributed by atoms with Crippen LogP contribution < -0.4 is 0 Å².